The Bertz CT molecular complexity index is 614. The Balaban J connectivity index is 1.77. The van der Waals surface area contributed by atoms with Gasteiger partial charge in [-0.1, -0.05) is 24.0 Å². The molecule has 0 radical (unpaired) electrons. The van der Waals surface area contributed by atoms with E-state index < -0.39 is 0 Å². The van der Waals surface area contributed by atoms with Crippen LogP contribution in [0.25, 0.3) is 0 Å². The van der Waals surface area contributed by atoms with E-state index in [2.05, 4.69) is 0 Å². The van der Waals surface area contributed by atoms with Crippen LogP contribution in [-0.2, 0) is 19.1 Å². The minimum Gasteiger partial charge on any atom is -0.462 e. The van der Waals surface area contributed by atoms with Crippen LogP contribution in [0.5, 0.6) is 0 Å². The molecule has 0 aromatic rings. The zero-order valence-corrected chi connectivity index (χ0v) is 16.0. The van der Waals surface area contributed by atoms with Gasteiger partial charge >= 0.3 is 11.9 Å². The molecule has 4 nitrogen and oxygen atoms in total. The highest BCUT2D eigenvalue weighted by Gasteiger charge is 2.47. The topological polar surface area (TPSA) is 52.6 Å². The van der Waals surface area contributed by atoms with Crippen LogP contribution in [0.2, 0.25) is 0 Å². The van der Waals surface area contributed by atoms with Crippen LogP contribution in [0, 0.1) is 23.7 Å². The molecule has 0 spiro atoms. The van der Waals surface area contributed by atoms with Gasteiger partial charge in [0.1, 0.15) is 0 Å². The number of fused-ring (bicyclic) bond motifs is 2. The van der Waals surface area contributed by atoms with Crippen LogP contribution in [0.3, 0.4) is 0 Å². The first-order chi connectivity index (χ1) is 12.7. The molecule has 0 amide bonds. The first-order valence-electron chi connectivity index (χ1n) is 10.5. The third-order valence-electron chi connectivity index (χ3n) is 7.03. The van der Waals surface area contributed by atoms with Gasteiger partial charge in [-0.25, -0.2) is 9.59 Å². The molecule has 4 fully saturated rings. The highest BCUT2D eigenvalue weighted by Crippen LogP contribution is 2.56. The first kappa shape index (κ1) is 17.8. The summed E-state index contributed by atoms with van der Waals surface area (Å²) in [6.07, 6.45) is 9.13. The molecule has 0 aliphatic heterocycles. The number of hydrogen-bond donors (Lipinski definition) is 0. The van der Waals surface area contributed by atoms with Crippen molar-refractivity contribution in [2.45, 2.75) is 65.2 Å². The maximum atomic E-state index is 12.9. The van der Waals surface area contributed by atoms with Crippen molar-refractivity contribution < 1.29 is 19.1 Å². The predicted molar refractivity (Wildman–Crippen MR) is 98.2 cm³/mol. The largest absolute Gasteiger partial charge is 0.462 e. The summed E-state index contributed by atoms with van der Waals surface area (Å²) >= 11 is 0. The molecule has 4 atom stereocenters. The zero-order chi connectivity index (χ0) is 18.3. The molecule has 0 bridgehead atoms. The van der Waals surface area contributed by atoms with Crippen molar-refractivity contribution >= 4 is 11.9 Å². The Morgan fingerprint density at radius 3 is 1.54 bits per heavy atom. The fourth-order valence-electron chi connectivity index (χ4n) is 5.80. The van der Waals surface area contributed by atoms with Crippen molar-refractivity contribution in [3.8, 4) is 0 Å². The lowest BCUT2D eigenvalue weighted by atomic mass is 9.65. The van der Waals surface area contributed by atoms with Crippen molar-refractivity contribution in [2.24, 2.45) is 23.7 Å². The lowest BCUT2D eigenvalue weighted by Crippen LogP contribution is -2.33. The van der Waals surface area contributed by atoms with Gasteiger partial charge in [0.25, 0.3) is 0 Å². The van der Waals surface area contributed by atoms with E-state index in [1.807, 2.05) is 13.8 Å². The molecule has 4 saturated carbocycles. The average Bonchev–Trinajstić information content (AvgIpc) is 3.13. The third-order valence-corrected chi connectivity index (χ3v) is 7.03. The normalized spacial score (nSPS) is 35.6. The number of esters is 2. The second-order valence-electron chi connectivity index (χ2n) is 8.24. The van der Waals surface area contributed by atoms with Gasteiger partial charge in [0.15, 0.2) is 0 Å². The Morgan fingerprint density at radius 1 is 0.769 bits per heavy atom. The van der Waals surface area contributed by atoms with Crippen molar-refractivity contribution in [2.75, 3.05) is 13.2 Å². The van der Waals surface area contributed by atoms with Gasteiger partial charge in [-0.3, -0.25) is 0 Å². The summed E-state index contributed by atoms with van der Waals surface area (Å²) in [6.45, 7) is 4.32. The number of carbonyl (C=O) groups is 2. The van der Waals surface area contributed by atoms with E-state index in [1.165, 1.54) is 36.8 Å². The van der Waals surface area contributed by atoms with Crippen LogP contribution in [0.15, 0.2) is 22.3 Å². The molecule has 0 aromatic heterocycles. The predicted octanol–water partition coefficient (Wildman–Crippen LogP) is 4.35. The average molecular weight is 358 g/mol. The smallest absolute Gasteiger partial charge is 0.338 e. The lowest BCUT2D eigenvalue weighted by Gasteiger charge is -2.39. The van der Waals surface area contributed by atoms with E-state index in [4.69, 9.17) is 9.47 Å². The summed E-state index contributed by atoms with van der Waals surface area (Å²) < 4.78 is 10.8. The van der Waals surface area contributed by atoms with Crippen molar-refractivity contribution in [1.82, 2.24) is 0 Å². The highest BCUT2D eigenvalue weighted by atomic mass is 16.5. The summed E-state index contributed by atoms with van der Waals surface area (Å²) in [4.78, 5) is 25.9. The number of allylic oxidation sites excluding steroid dienone is 2. The van der Waals surface area contributed by atoms with Gasteiger partial charge in [-0.05, 0) is 76.0 Å². The fourth-order valence-corrected chi connectivity index (χ4v) is 5.80. The van der Waals surface area contributed by atoms with E-state index in [-0.39, 0.29) is 11.9 Å². The second-order valence-corrected chi connectivity index (χ2v) is 8.24. The highest BCUT2D eigenvalue weighted by molar-refractivity contribution is 6.08. The molecule has 4 rings (SSSR count). The summed E-state index contributed by atoms with van der Waals surface area (Å²) in [5.41, 5.74) is 3.49. The lowest BCUT2D eigenvalue weighted by molar-refractivity contribution is -0.142. The molecule has 0 saturated heterocycles. The molecule has 142 valence electrons. The van der Waals surface area contributed by atoms with E-state index in [0.29, 0.717) is 48.0 Å². The molecule has 4 aliphatic carbocycles. The third kappa shape index (κ3) is 2.82. The van der Waals surface area contributed by atoms with E-state index in [0.717, 1.165) is 25.7 Å². The Morgan fingerprint density at radius 2 is 1.19 bits per heavy atom. The maximum Gasteiger partial charge on any atom is 0.338 e. The van der Waals surface area contributed by atoms with Gasteiger partial charge in [-0.2, -0.15) is 0 Å². The summed E-state index contributed by atoms with van der Waals surface area (Å²) in [5.74, 6) is 1.71. The standard InChI is InChI=1S/C22H30O4/c1-3-25-21(23)19(17-11-13-7-5-9-15(13)17)20(22(24)26-4-2)18-12-14-8-6-10-16(14)18/h13-16H,3-12H2,1-2H3/b19-17+,20-18+/t13-,14-,15-,16-/m1/s1. The van der Waals surface area contributed by atoms with E-state index in [9.17, 15) is 9.59 Å². The van der Waals surface area contributed by atoms with Gasteiger partial charge in [-0.15, -0.1) is 0 Å². The van der Waals surface area contributed by atoms with E-state index in [1.54, 1.807) is 0 Å². The monoisotopic (exact) mass is 358 g/mol. The van der Waals surface area contributed by atoms with Crippen molar-refractivity contribution in [3.05, 3.63) is 22.3 Å². The SMILES string of the molecule is CCOC(=O)C(/C(C(=O)OCC)=C1/C[C@H]2CCC[C@@H]12)=C1\C[C@H]2CCC[C@@H]12. The minimum absolute atomic E-state index is 0.315. The van der Waals surface area contributed by atoms with Crippen LogP contribution in [0.1, 0.15) is 65.2 Å². The first-order valence-corrected chi connectivity index (χ1v) is 10.5. The molecule has 0 heterocycles. The maximum absolute atomic E-state index is 12.9. The van der Waals surface area contributed by atoms with Gasteiger partial charge in [0, 0.05) is 0 Å². The number of carbonyl (C=O) groups excluding carboxylic acids is 2. The van der Waals surface area contributed by atoms with Gasteiger partial charge < -0.3 is 9.47 Å². The number of rotatable bonds is 5. The Hall–Kier alpha value is -1.58. The van der Waals surface area contributed by atoms with Crippen molar-refractivity contribution in [3.63, 3.8) is 0 Å². The Kier molecular flexibility index (Phi) is 4.94. The van der Waals surface area contributed by atoms with Crippen LogP contribution in [-0.4, -0.2) is 25.2 Å². The van der Waals surface area contributed by atoms with E-state index >= 15 is 0 Å². The molecular formula is C22H30O4. The molecular weight excluding hydrogens is 328 g/mol. The summed E-state index contributed by atoms with van der Waals surface area (Å²) in [6, 6.07) is 0. The molecule has 26 heavy (non-hydrogen) atoms. The molecule has 4 heteroatoms. The summed E-state index contributed by atoms with van der Waals surface area (Å²) in [5, 5.41) is 0. The quantitative estimate of drug-likeness (QED) is 0.542. The second kappa shape index (κ2) is 7.21. The number of hydrogen-bond acceptors (Lipinski definition) is 4. The summed E-state index contributed by atoms with van der Waals surface area (Å²) in [7, 11) is 0. The van der Waals surface area contributed by atoms with Crippen molar-refractivity contribution in [1.29, 1.82) is 0 Å². The van der Waals surface area contributed by atoms with Crippen LogP contribution < -0.4 is 0 Å². The molecule has 0 aromatic carbocycles. The van der Waals surface area contributed by atoms with Gasteiger partial charge in [0.05, 0.1) is 24.4 Å². The Labute approximate surface area is 156 Å². The minimum atomic E-state index is -0.315. The number of ether oxygens (including phenoxy) is 2. The van der Waals surface area contributed by atoms with Crippen LogP contribution in [0.4, 0.5) is 0 Å². The fraction of sp³-hybridized carbons (Fsp3) is 0.727. The molecule has 0 unspecified atom stereocenters. The molecule has 0 N–H and O–H groups in total. The zero-order valence-electron chi connectivity index (χ0n) is 16.0. The molecule has 4 aliphatic rings. The van der Waals surface area contributed by atoms with Crippen LogP contribution >= 0.6 is 0 Å². The van der Waals surface area contributed by atoms with Gasteiger partial charge in [0.2, 0.25) is 0 Å².